The molecule has 0 amide bonds. The lowest BCUT2D eigenvalue weighted by atomic mass is 9.92. The molecule has 0 unspecified atom stereocenters. The van der Waals surface area contributed by atoms with Gasteiger partial charge in [0.05, 0.1) is 6.61 Å². The third-order valence-corrected chi connectivity index (χ3v) is 2.98. The van der Waals surface area contributed by atoms with Gasteiger partial charge in [0.15, 0.2) is 5.79 Å². The molecule has 5 heteroatoms. The second kappa shape index (κ2) is 4.72. The summed E-state index contributed by atoms with van der Waals surface area (Å²) >= 11 is 0. The molecule has 2 rings (SSSR count). The molecule has 1 fully saturated rings. The summed E-state index contributed by atoms with van der Waals surface area (Å²) in [7, 11) is 0. The maximum absolute atomic E-state index is 10.1. The van der Waals surface area contributed by atoms with E-state index in [-0.39, 0.29) is 13.0 Å². The van der Waals surface area contributed by atoms with Crippen LogP contribution in [-0.4, -0.2) is 51.1 Å². The van der Waals surface area contributed by atoms with Gasteiger partial charge >= 0.3 is 0 Å². The molecule has 1 aliphatic heterocycles. The Bertz CT molecular complexity index is 368. The van der Waals surface area contributed by atoms with Crippen molar-refractivity contribution >= 4 is 0 Å². The summed E-state index contributed by atoms with van der Waals surface area (Å²) in [5, 5.41) is 38.7. The monoisotopic (exact) mass is 240 g/mol. The molecule has 0 aromatic heterocycles. The van der Waals surface area contributed by atoms with E-state index in [4.69, 9.17) is 4.74 Å². The normalized spacial score (nSPS) is 38.0. The molecule has 0 radical (unpaired) electrons. The molecular weight excluding hydrogens is 224 g/mol. The van der Waals surface area contributed by atoms with Gasteiger partial charge in [-0.15, -0.1) is 0 Å². The van der Waals surface area contributed by atoms with Crippen LogP contribution >= 0.6 is 0 Å². The predicted molar refractivity (Wildman–Crippen MR) is 59.1 cm³/mol. The minimum absolute atomic E-state index is 0.0544. The number of aliphatic hydroxyl groups is 4. The van der Waals surface area contributed by atoms with Crippen molar-refractivity contribution in [1.29, 1.82) is 0 Å². The fourth-order valence-electron chi connectivity index (χ4n) is 1.93. The zero-order valence-corrected chi connectivity index (χ0v) is 9.23. The summed E-state index contributed by atoms with van der Waals surface area (Å²) in [6.45, 7) is -0.207. The van der Waals surface area contributed by atoms with Crippen LogP contribution in [0.3, 0.4) is 0 Å². The highest BCUT2D eigenvalue weighted by Crippen LogP contribution is 2.27. The number of benzene rings is 1. The van der Waals surface area contributed by atoms with Gasteiger partial charge in [-0.1, -0.05) is 30.3 Å². The molecule has 1 aliphatic rings. The van der Waals surface area contributed by atoms with Crippen molar-refractivity contribution in [3.05, 3.63) is 35.9 Å². The summed E-state index contributed by atoms with van der Waals surface area (Å²) in [5.74, 6) is -1.86. The summed E-state index contributed by atoms with van der Waals surface area (Å²) in [6, 6.07) is 9.01. The average Bonchev–Trinajstić information content (AvgIpc) is 2.34. The van der Waals surface area contributed by atoms with Crippen LogP contribution < -0.4 is 0 Å². The quantitative estimate of drug-likeness (QED) is 0.534. The van der Waals surface area contributed by atoms with Crippen molar-refractivity contribution in [1.82, 2.24) is 0 Å². The van der Waals surface area contributed by atoms with Crippen molar-refractivity contribution < 1.29 is 25.2 Å². The summed E-state index contributed by atoms with van der Waals surface area (Å²) < 4.78 is 5.06. The number of hydrogen-bond donors (Lipinski definition) is 4. The maximum Gasteiger partial charge on any atom is 0.198 e. The van der Waals surface area contributed by atoms with Gasteiger partial charge in [-0.25, -0.2) is 0 Å². The number of aliphatic hydroxyl groups excluding tert-OH is 3. The fraction of sp³-hybridized carbons (Fsp3) is 0.500. The van der Waals surface area contributed by atoms with Crippen molar-refractivity contribution in [3.8, 4) is 0 Å². The van der Waals surface area contributed by atoms with Gasteiger partial charge in [0.25, 0.3) is 0 Å². The molecule has 1 aromatic rings. The topological polar surface area (TPSA) is 90.2 Å². The molecule has 17 heavy (non-hydrogen) atoms. The average molecular weight is 240 g/mol. The molecular formula is C12H16O5. The molecule has 4 N–H and O–H groups in total. The molecule has 5 nitrogen and oxygen atoms in total. The van der Waals surface area contributed by atoms with E-state index in [1.165, 1.54) is 0 Å². The van der Waals surface area contributed by atoms with Crippen LogP contribution in [0.1, 0.15) is 5.56 Å². The highest BCUT2D eigenvalue weighted by molar-refractivity contribution is 5.17. The molecule has 0 spiro atoms. The van der Waals surface area contributed by atoms with Gasteiger partial charge in [0, 0.05) is 6.42 Å². The lowest BCUT2D eigenvalue weighted by Crippen LogP contribution is -2.61. The van der Waals surface area contributed by atoms with Crippen LogP contribution in [0.15, 0.2) is 30.3 Å². The van der Waals surface area contributed by atoms with E-state index >= 15 is 0 Å². The molecule has 0 aliphatic carbocycles. The Morgan fingerprint density at radius 1 is 1.18 bits per heavy atom. The van der Waals surface area contributed by atoms with Crippen molar-refractivity contribution in [2.45, 2.75) is 30.5 Å². The van der Waals surface area contributed by atoms with E-state index in [2.05, 4.69) is 0 Å². The first-order chi connectivity index (χ1) is 8.03. The van der Waals surface area contributed by atoms with Crippen LogP contribution in [-0.2, 0) is 11.2 Å². The Kier molecular flexibility index (Phi) is 3.46. The van der Waals surface area contributed by atoms with E-state index in [0.717, 1.165) is 5.56 Å². The first-order valence-electron chi connectivity index (χ1n) is 5.47. The SMILES string of the molecule is O[C@@H]1[C@H](O)CO[C@@](O)(Cc2ccccc2)[C@H]1O. The molecule has 1 heterocycles. The van der Waals surface area contributed by atoms with Crippen LogP contribution in [0.25, 0.3) is 0 Å². The summed E-state index contributed by atoms with van der Waals surface area (Å²) in [4.78, 5) is 0. The molecule has 0 bridgehead atoms. The summed E-state index contributed by atoms with van der Waals surface area (Å²) in [5.41, 5.74) is 0.776. The van der Waals surface area contributed by atoms with Crippen LogP contribution in [0.4, 0.5) is 0 Å². The van der Waals surface area contributed by atoms with E-state index in [0.29, 0.717) is 0 Å². The standard InChI is InChI=1S/C12H16O5/c13-9-7-17-12(16,11(15)10(9)14)6-8-4-2-1-3-5-8/h1-5,9-11,13-16H,6-7H2/t9-,10-,11+,12+/m1/s1. The van der Waals surface area contributed by atoms with E-state index in [1.807, 2.05) is 6.07 Å². The van der Waals surface area contributed by atoms with Gasteiger partial charge in [-0.05, 0) is 5.56 Å². The Labute approximate surface area is 98.9 Å². The molecule has 4 atom stereocenters. The molecule has 0 saturated carbocycles. The number of ether oxygens (including phenoxy) is 1. The highest BCUT2D eigenvalue weighted by Gasteiger charge is 2.48. The van der Waals surface area contributed by atoms with Gasteiger partial charge in [-0.2, -0.15) is 0 Å². The lowest BCUT2D eigenvalue weighted by molar-refractivity contribution is -0.320. The van der Waals surface area contributed by atoms with Gasteiger partial charge < -0.3 is 25.2 Å². The zero-order chi connectivity index (χ0) is 12.5. The van der Waals surface area contributed by atoms with Crippen LogP contribution in [0.2, 0.25) is 0 Å². The first-order valence-corrected chi connectivity index (χ1v) is 5.47. The van der Waals surface area contributed by atoms with Crippen molar-refractivity contribution in [2.75, 3.05) is 6.61 Å². The zero-order valence-electron chi connectivity index (χ0n) is 9.23. The van der Waals surface area contributed by atoms with Crippen LogP contribution in [0, 0.1) is 0 Å². The van der Waals surface area contributed by atoms with Crippen LogP contribution in [0.5, 0.6) is 0 Å². The van der Waals surface area contributed by atoms with E-state index in [9.17, 15) is 20.4 Å². The minimum atomic E-state index is -1.86. The summed E-state index contributed by atoms with van der Waals surface area (Å²) in [6.07, 6.45) is -4.07. The van der Waals surface area contributed by atoms with Gasteiger partial charge in [0.2, 0.25) is 0 Å². The van der Waals surface area contributed by atoms with Crippen molar-refractivity contribution in [3.63, 3.8) is 0 Å². The molecule has 94 valence electrons. The fourth-order valence-corrected chi connectivity index (χ4v) is 1.93. The Morgan fingerprint density at radius 3 is 2.47 bits per heavy atom. The Hall–Kier alpha value is -0.980. The van der Waals surface area contributed by atoms with Gasteiger partial charge in [-0.3, -0.25) is 0 Å². The molecule has 1 aromatic carbocycles. The molecule has 1 saturated heterocycles. The Morgan fingerprint density at radius 2 is 1.82 bits per heavy atom. The van der Waals surface area contributed by atoms with Crippen molar-refractivity contribution in [2.24, 2.45) is 0 Å². The van der Waals surface area contributed by atoms with E-state index < -0.39 is 24.1 Å². The third kappa shape index (κ3) is 2.48. The smallest absolute Gasteiger partial charge is 0.198 e. The lowest BCUT2D eigenvalue weighted by Gasteiger charge is -2.41. The highest BCUT2D eigenvalue weighted by atomic mass is 16.6. The second-order valence-electron chi connectivity index (χ2n) is 4.32. The third-order valence-electron chi connectivity index (χ3n) is 2.98. The number of hydrogen-bond acceptors (Lipinski definition) is 5. The Balaban J connectivity index is 2.14. The number of rotatable bonds is 2. The van der Waals surface area contributed by atoms with E-state index in [1.54, 1.807) is 24.3 Å². The second-order valence-corrected chi connectivity index (χ2v) is 4.32. The maximum atomic E-state index is 10.1. The minimum Gasteiger partial charge on any atom is -0.388 e. The largest absolute Gasteiger partial charge is 0.388 e. The predicted octanol–water partition coefficient (Wildman–Crippen LogP) is -0.969. The first kappa shape index (κ1) is 12.5. The van der Waals surface area contributed by atoms with Gasteiger partial charge in [0.1, 0.15) is 18.3 Å².